The number of anilines is 1. The lowest BCUT2D eigenvalue weighted by Crippen LogP contribution is -2.20. The lowest BCUT2D eigenvalue weighted by molar-refractivity contribution is 0.526. The van der Waals surface area contributed by atoms with Gasteiger partial charge in [-0.05, 0) is 70.0 Å². The summed E-state index contributed by atoms with van der Waals surface area (Å²) in [5, 5.41) is 0. The Morgan fingerprint density at radius 3 is 2.17 bits per heavy atom. The van der Waals surface area contributed by atoms with Crippen LogP contribution < -0.4 is 16.9 Å². The summed E-state index contributed by atoms with van der Waals surface area (Å²) in [6.07, 6.45) is 5.87. The molecule has 0 aliphatic rings. The van der Waals surface area contributed by atoms with Crippen LogP contribution in [0.3, 0.4) is 0 Å². The highest BCUT2D eigenvalue weighted by Crippen LogP contribution is 2.11. The molecule has 0 aliphatic carbocycles. The molecular weight excluding hydrogens is 510 g/mol. The van der Waals surface area contributed by atoms with E-state index in [-0.39, 0.29) is 16.8 Å². The van der Waals surface area contributed by atoms with Crippen molar-refractivity contribution in [1.82, 2.24) is 19.5 Å². The second-order valence-corrected chi connectivity index (χ2v) is 7.01. The molecule has 0 aromatic carbocycles. The number of nitrogen functional groups attached to an aromatic ring is 1. The lowest BCUT2D eigenvalue weighted by atomic mass is 10.4. The molecule has 29 heavy (non-hydrogen) atoms. The SMILES string of the molecule is Cc1ncoc1-n1cccc(N)c1=O.Cc1ncoc1Br.O=c1[nH]cccc1Br. The number of aryl methyl sites for hydroxylation is 2. The topological polar surface area (TPSA) is 133 Å². The van der Waals surface area contributed by atoms with Crippen molar-refractivity contribution >= 4 is 37.5 Å². The van der Waals surface area contributed by atoms with Gasteiger partial charge in [-0.3, -0.25) is 14.2 Å². The Hall–Kier alpha value is -2.92. The van der Waals surface area contributed by atoms with E-state index in [0.29, 0.717) is 20.7 Å². The molecule has 0 fully saturated rings. The monoisotopic (exact) mass is 525 g/mol. The van der Waals surface area contributed by atoms with Crippen LogP contribution in [0.2, 0.25) is 0 Å². The minimum atomic E-state index is -0.299. The molecule has 0 atom stereocenters. The Labute approximate surface area is 181 Å². The first-order valence-electron chi connectivity index (χ1n) is 8.07. The third-order valence-electron chi connectivity index (χ3n) is 3.37. The van der Waals surface area contributed by atoms with Crippen LogP contribution in [0, 0.1) is 13.8 Å². The largest absolute Gasteiger partial charge is 0.436 e. The van der Waals surface area contributed by atoms with E-state index in [1.54, 1.807) is 43.6 Å². The fourth-order valence-corrected chi connectivity index (χ4v) is 2.34. The van der Waals surface area contributed by atoms with Crippen molar-refractivity contribution in [1.29, 1.82) is 0 Å². The number of aromatic nitrogens is 4. The van der Waals surface area contributed by atoms with Crippen molar-refractivity contribution in [3.63, 3.8) is 0 Å². The van der Waals surface area contributed by atoms with E-state index < -0.39 is 0 Å². The third-order valence-corrected chi connectivity index (χ3v) is 4.76. The predicted molar refractivity (Wildman–Crippen MR) is 115 cm³/mol. The van der Waals surface area contributed by atoms with Gasteiger partial charge in [0.25, 0.3) is 11.1 Å². The van der Waals surface area contributed by atoms with Gasteiger partial charge < -0.3 is 19.6 Å². The van der Waals surface area contributed by atoms with E-state index in [9.17, 15) is 9.59 Å². The van der Waals surface area contributed by atoms with Gasteiger partial charge in [0.15, 0.2) is 17.5 Å². The van der Waals surface area contributed by atoms with Gasteiger partial charge in [0.1, 0.15) is 5.69 Å². The van der Waals surface area contributed by atoms with Crippen LogP contribution in [-0.4, -0.2) is 19.5 Å². The number of nitrogens with zero attached hydrogens (tertiary/aromatic N) is 3. The number of hydrogen-bond donors (Lipinski definition) is 2. The van der Waals surface area contributed by atoms with Gasteiger partial charge in [-0.25, -0.2) is 9.97 Å². The predicted octanol–water partition coefficient (Wildman–Crippen LogP) is 3.60. The zero-order valence-electron chi connectivity index (χ0n) is 15.4. The molecule has 152 valence electrons. The Balaban J connectivity index is 0.000000170. The van der Waals surface area contributed by atoms with Crippen molar-refractivity contribution in [3.05, 3.63) is 90.7 Å². The van der Waals surface area contributed by atoms with E-state index in [4.69, 9.17) is 14.6 Å². The van der Waals surface area contributed by atoms with Gasteiger partial charge >= 0.3 is 0 Å². The first-order valence-corrected chi connectivity index (χ1v) is 9.66. The summed E-state index contributed by atoms with van der Waals surface area (Å²) in [6, 6.07) is 6.67. The highest BCUT2D eigenvalue weighted by molar-refractivity contribution is 9.10. The number of oxazole rings is 2. The average molecular weight is 527 g/mol. The van der Waals surface area contributed by atoms with Crippen LogP contribution in [0.15, 0.2) is 77.0 Å². The molecule has 3 N–H and O–H groups in total. The Kier molecular flexibility index (Phi) is 8.16. The molecule has 0 spiro atoms. The molecule has 11 heteroatoms. The summed E-state index contributed by atoms with van der Waals surface area (Å²) in [4.78, 5) is 32.3. The smallest absolute Gasteiger partial charge is 0.280 e. The van der Waals surface area contributed by atoms with Crippen molar-refractivity contribution < 1.29 is 8.83 Å². The first-order chi connectivity index (χ1) is 13.8. The minimum Gasteiger partial charge on any atom is -0.436 e. The maximum Gasteiger partial charge on any atom is 0.280 e. The standard InChI is InChI=1S/C9H9N3O2.C5H4BrNO.C4H4BrNO/c1-6-9(14-5-11-6)12-4-2-3-7(10)8(12)13;6-4-2-1-3-7-5(4)8;1-3-4(5)7-2-6-3/h2-5H,10H2,1H3;1-3H,(H,7,8);2H,1H3. The second kappa shape index (κ2) is 10.6. The zero-order valence-corrected chi connectivity index (χ0v) is 18.6. The summed E-state index contributed by atoms with van der Waals surface area (Å²) in [5.74, 6) is 0.405. The van der Waals surface area contributed by atoms with Gasteiger partial charge in [-0.2, -0.15) is 0 Å². The molecule has 4 rings (SSSR count). The van der Waals surface area contributed by atoms with Gasteiger partial charge in [0, 0.05) is 12.4 Å². The second-order valence-electron chi connectivity index (χ2n) is 5.44. The summed E-state index contributed by atoms with van der Waals surface area (Å²) < 4.78 is 12.5. The summed E-state index contributed by atoms with van der Waals surface area (Å²) >= 11 is 6.19. The molecule has 0 saturated carbocycles. The molecule has 0 bridgehead atoms. The average Bonchev–Trinajstić information content (AvgIpc) is 3.29. The summed E-state index contributed by atoms with van der Waals surface area (Å²) in [7, 11) is 0. The van der Waals surface area contributed by atoms with Crippen molar-refractivity contribution in [2.75, 3.05) is 5.73 Å². The highest BCUT2D eigenvalue weighted by atomic mass is 79.9. The van der Waals surface area contributed by atoms with Crippen LogP contribution >= 0.6 is 31.9 Å². The normalized spacial score (nSPS) is 9.79. The Bertz CT molecular complexity index is 1160. The number of hydrogen-bond acceptors (Lipinski definition) is 7. The quantitative estimate of drug-likeness (QED) is 0.387. The van der Waals surface area contributed by atoms with E-state index >= 15 is 0 Å². The van der Waals surface area contributed by atoms with Gasteiger partial charge in [0.2, 0.25) is 5.88 Å². The Morgan fingerprint density at radius 2 is 1.72 bits per heavy atom. The molecule has 4 heterocycles. The van der Waals surface area contributed by atoms with Crippen molar-refractivity contribution in [2.24, 2.45) is 0 Å². The van der Waals surface area contributed by atoms with Gasteiger partial charge in [-0.15, -0.1) is 0 Å². The van der Waals surface area contributed by atoms with Gasteiger partial charge in [-0.1, -0.05) is 0 Å². The van der Waals surface area contributed by atoms with Crippen molar-refractivity contribution in [2.45, 2.75) is 13.8 Å². The Morgan fingerprint density at radius 1 is 1.03 bits per heavy atom. The highest BCUT2D eigenvalue weighted by Gasteiger charge is 2.08. The first kappa shape index (κ1) is 22.4. The van der Waals surface area contributed by atoms with E-state index in [2.05, 4.69) is 46.8 Å². The molecular formula is C18H17Br2N5O4. The molecule has 4 aromatic heterocycles. The number of nitrogens with two attached hydrogens (primary N) is 1. The molecule has 0 radical (unpaired) electrons. The molecule has 0 unspecified atom stereocenters. The number of nitrogens with one attached hydrogen (secondary N) is 1. The number of rotatable bonds is 1. The number of aromatic amines is 1. The van der Waals surface area contributed by atoms with Gasteiger partial charge in [0.05, 0.1) is 15.9 Å². The maximum absolute atomic E-state index is 11.6. The van der Waals surface area contributed by atoms with Crippen LogP contribution in [0.5, 0.6) is 0 Å². The zero-order chi connectivity index (χ0) is 21.4. The summed E-state index contributed by atoms with van der Waals surface area (Å²) in [6.45, 7) is 3.63. The van der Waals surface area contributed by atoms with Crippen molar-refractivity contribution in [3.8, 4) is 5.88 Å². The third kappa shape index (κ3) is 6.29. The molecule has 4 aromatic rings. The minimum absolute atomic E-state index is 0.0903. The van der Waals surface area contributed by atoms with E-state index in [0.717, 1.165) is 5.69 Å². The fraction of sp³-hybridized carbons (Fsp3) is 0.111. The number of halogens is 2. The maximum atomic E-state index is 11.6. The van der Waals surface area contributed by atoms with E-state index in [1.807, 2.05) is 6.92 Å². The van der Waals surface area contributed by atoms with E-state index in [1.165, 1.54) is 17.4 Å². The van der Waals surface area contributed by atoms with Crippen LogP contribution in [0.25, 0.3) is 5.88 Å². The van der Waals surface area contributed by atoms with Crippen LogP contribution in [0.1, 0.15) is 11.4 Å². The number of pyridine rings is 2. The molecule has 0 aliphatic heterocycles. The lowest BCUT2D eigenvalue weighted by Gasteiger charge is -2.01. The molecule has 0 saturated heterocycles. The summed E-state index contributed by atoms with van der Waals surface area (Å²) in [5.41, 5.74) is 6.82. The fourth-order valence-electron chi connectivity index (χ4n) is 1.89. The number of H-pyrrole nitrogens is 1. The van der Waals surface area contributed by atoms with Crippen LogP contribution in [0.4, 0.5) is 5.69 Å². The van der Waals surface area contributed by atoms with Crippen LogP contribution in [-0.2, 0) is 0 Å². The molecule has 9 nitrogen and oxygen atoms in total. The molecule has 0 amide bonds.